The Morgan fingerprint density at radius 2 is 1.53 bits per heavy atom. The van der Waals surface area contributed by atoms with Crippen molar-refractivity contribution in [3.8, 4) is 5.75 Å². The number of carbonyl (C=O) groups is 1. The predicted molar refractivity (Wildman–Crippen MR) is 138 cm³/mol. The van der Waals surface area contributed by atoms with Crippen LogP contribution in [0.1, 0.15) is 38.7 Å². The quantitative estimate of drug-likeness (QED) is 0.296. The number of hydrogen-bond acceptors (Lipinski definition) is 2. The van der Waals surface area contributed by atoms with Crippen molar-refractivity contribution in [2.75, 3.05) is 6.61 Å². The molecular formula is C30H22BrNO2. The second kappa shape index (κ2) is 8.62. The first-order valence-electron chi connectivity index (χ1n) is 11.4. The highest BCUT2D eigenvalue weighted by atomic mass is 79.9. The van der Waals surface area contributed by atoms with Gasteiger partial charge in [-0.2, -0.15) is 0 Å². The SMILES string of the molecule is O=C1c2ccccc2[C@H](C2=C(c3ccccc3)c3cc(Br)ccc3OC2)N1Cc1ccccc1. The number of hydrogen-bond donors (Lipinski definition) is 0. The summed E-state index contributed by atoms with van der Waals surface area (Å²) in [5, 5.41) is 0. The molecule has 0 fully saturated rings. The molecule has 0 saturated carbocycles. The topological polar surface area (TPSA) is 29.5 Å². The Kier molecular flexibility index (Phi) is 5.31. The Morgan fingerprint density at radius 1 is 0.824 bits per heavy atom. The van der Waals surface area contributed by atoms with E-state index >= 15 is 0 Å². The first-order chi connectivity index (χ1) is 16.7. The highest BCUT2D eigenvalue weighted by Gasteiger charge is 2.41. The minimum absolute atomic E-state index is 0.0596. The maximum absolute atomic E-state index is 13.7. The Labute approximate surface area is 207 Å². The molecular weight excluding hydrogens is 486 g/mol. The van der Waals surface area contributed by atoms with Gasteiger partial charge in [0.2, 0.25) is 0 Å². The average molecular weight is 508 g/mol. The van der Waals surface area contributed by atoms with E-state index in [-0.39, 0.29) is 11.9 Å². The molecule has 0 bridgehead atoms. The van der Waals surface area contributed by atoms with Crippen LogP contribution in [0.25, 0.3) is 5.57 Å². The lowest BCUT2D eigenvalue weighted by Gasteiger charge is -2.33. The molecule has 1 atom stereocenters. The molecule has 0 aromatic heterocycles. The van der Waals surface area contributed by atoms with Crippen LogP contribution in [0.2, 0.25) is 0 Å². The highest BCUT2D eigenvalue weighted by Crippen LogP contribution is 2.47. The number of rotatable bonds is 4. The molecule has 0 aliphatic carbocycles. The fraction of sp³-hybridized carbons (Fsp3) is 0.100. The highest BCUT2D eigenvalue weighted by molar-refractivity contribution is 9.10. The van der Waals surface area contributed by atoms with E-state index in [2.05, 4.69) is 64.5 Å². The second-order valence-electron chi connectivity index (χ2n) is 8.60. The van der Waals surface area contributed by atoms with E-state index in [0.29, 0.717) is 13.2 Å². The summed E-state index contributed by atoms with van der Waals surface area (Å²) in [6.45, 7) is 0.965. The van der Waals surface area contributed by atoms with Crippen LogP contribution in [0.3, 0.4) is 0 Å². The lowest BCUT2D eigenvalue weighted by atomic mass is 9.85. The zero-order valence-electron chi connectivity index (χ0n) is 18.4. The maximum atomic E-state index is 13.7. The molecule has 0 spiro atoms. The average Bonchev–Trinajstić information content (AvgIpc) is 3.15. The van der Waals surface area contributed by atoms with Crippen molar-refractivity contribution in [2.45, 2.75) is 12.6 Å². The molecule has 3 nitrogen and oxygen atoms in total. The molecule has 2 aliphatic rings. The van der Waals surface area contributed by atoms with Crippen LogP contribution in [-0.4, -0.2) is 17.4 Å². The van der Waals surface area contributed by atoms with Crippen LogP contribution in [0.15, 0.2) is 113 Å². The van der Waals surface area contributed by atoms with Gasteiger partial charge in [0.1, 0.15) is 12.4 Å². The van der Waals surface area contributed by atoms with Crippen molar-refractivity contribution < 1.29 is 9.53 Å². The summed E-state index contributed by atoms with van der Waals surface area (Å²) in [6, 6.07) is 34.5. The fourth-order valence-corrected chi connectivity index (χ4v) is 5.44. The van der Waals surface area contributed by atoms with Crippen molar-refractivity contribution in [3.05, 3.63) is 141 Å². The Hall–Kier alpha value is -3.63. The van der Waals surface area contributed by atoms with Gasteiger partial charge in [-0.25, -0.2) is 0 Å². The molecule has 2 aliphatic heterocycles. The normalized spacial score (nSPS) is 16.8. The lowest BCUT2D eigenvalue weighted by Crippen LogP contribution is -2.31. The molecule has 4 aromatic carbocycles. The standard InChI is InChI=1S/C30H22BrNO2/c31-22-15-16-27-25(17-22)28(21-11-5-2-6-12-21)26(19-34-27)29-23-13-7-8-14-24(23)30(33)32(29)18-20-9-3-1-4-10-20/h1-17,29H,18-19H2/t29-/m1/s1. The number of ether oxygens (including phenoxy) is 1. The van der Waals surface area contributed by atoms with Gasteiger partial charge in [0, 0.05) is 27.7 Å². The van der Waals surface area contributed by atoms with Gasteiger partial charge in [-0.15, -0.1) is 0 Å². The zero-order valence-corrected chi connectivity index (χ0v) is 20.0. The molecule has 34 heavy (non-hydrogen) atoms. The smallest absolute Gasteiger partial charge is 0.255 e. The molecule has 2 heterocycles. The summed E-state index contributed by atoms with van der Waals surface area (Å²) in [4.78, 5) is 15.6. The number of fused-ring (bicyclic) bond motifs is 2. The molecule has 4 aromatic rings. The number of nitrogens with zero attached hydrogens (tertiary/aromatic N) is 1. The zero-order chi connectivity index (χ0) is 23.1. The third-order valence-corrected chi connectivity index (χ3v) is 7.06. The van der Waals surface area contributed by atoms with E-state index in [0.717, 1.165) is 49.2 Å². The van der Waals surface area contributed by atoms with Crippen molar-refractivity contribution >= 4 is 27.4 Å². The number of benzene rings is 4. The Morgan fingerprint density at radius 3 is 2.32 bits per heavy atom. The summed E-state index contributed by atoms with van der Waals surface area (Å²) in [7, 11) is 0. The third-order valence-electron chi connectivity index (χ3n) is 6.56. The molecule has 4 heteroatoms. The minimum atomic E-state index is -0.203. The molecule has 1 amide bonds. The molecule has 0 radical (unpaired) electrons. The van der Waals surface area contributed by atoms with Crippen molar-refractivity contribution in [2.24, 2.45) is 0 Å². The summed E-state index contributed by atoms with van der Waals surface area (Å²) >= 11 is 3.64. The summed E-state index contributed by atoms with van der Waals surface area (Å²) in [6.07, 6.45) is 0. The summed E-state index contributed by atoms with van der Waals surface area (Å²) in [5.74, 6) is 0.919. The number of amides is 1. The van der Waals surface area contributed by atoms with E-state index < -0.39 is 0 Å². The van der Waals surface area contributed by atoms with Gasteiger partial charge in [0.15, 0.2) is 0 Å². The van der Waals surface area contributed by atoms with Crippen molar-refractivity contribution in [1.29, 1.82) is 0 Å². The minimum Gasteiger partial charge on any atom is -0.488 e. The van der Waals surface area contributed by atoms with Crippen molar-refractivity contribution in [1.82, 2.24) is 4.90 Å². The van der Waals surface area contributed by atoms with E-state index in [1.807, 2.05) is 59.5 Å². The fourth-order valence-electron chi connectivity index (χ4n) is 5.07. The van der Waals surface area contributed by atoms with E-state index in [1.54, 1.807) is 0 Å². The largest absolute Gasteiger partial charge is 0.488 e. The van der Waals surface area contributed by atoms with Gasteiger partial charge in [-0.05, 0) is 46.5 Å². The van der Waals surface area contributed by atoms with Crippen LogP contribution < -0.4 is 4.74 Å². The molecule has 0 N–H and O–H groups in total. The third kappa shape index (κ3) is 3.55. The Balaban J connectivity index is 1.59. The van der Waals surface area contributed by atoms with Gasteiger partial charge in [-0.3, -0.25) is 4.79 Å². The number of halogens is 1. The van der Waals surface area contributed by atoms with Crippen LogP contribution >= 0.6 is 15.9 Å². The lowest BCUT2D eigenvalue weighted by molar-refractivity contribution is 0.0727. The first-order valence-corrected chi connectivity index (χ1v) is 12.1. The summed E-state index contributed by atoms with van der Waals surface area (Å²) < 4.78 is 7.28. The number of carbonyl (C=O) groups excluding carboxylic acids is 1. The van der Waals surface area contributed by atoms with Crippen molar-refractivity contribution in [3.63, 3.8) is 0 Å². The second-order valence-corrected chi connectivity index (χ2v) is 9.52. The van der Waals surface area contributed by atoms with Crippen LogP contribution in [-0.2, 0) is 6.54 Å². The Bertz CT molecular complexity index is 1410. The molecule has 6 rings (SSSR count). The van der Waals surface area contributed by atoms with Crippen LogP contribution in [0.4, 0.5) is 0 Å². The maximum Gasteiger partial charge on any atom is 0.255 e. The van der Waals surface area contributed by atoms with E-state index in [9.17, 15) is 4.79 Å². The molecule has 166 valence electrons. The molecule has 0 saturated heterocycles. The van der Waals surface area contributed by atoms with E-state index in [1.165, 1.54) is 0 Å². The van der Waals surface area contributed by atoms with E-state index in [4.69, 9.17) is 4.74 Å². The molecule has 0 unspecified atom stereocenters. The van der Waals surface area contributed by atoms with Crippen LogP contribution in [0, 0.1) is 0 Å². The van der Waals surface area contributed by atoms with Gasteiger partial charge in [-0.1, -0.05) is 94.8 Å². The predicted octanol–water partition coefficient (Wildman–Crippen LogP) is 7.04. The van der Waals surface area contributed by atoms with Gasteiger partial charge < -0.3 is 9.64 Å². The monoisotopic (exact) mass is 507 g/mol. The van der Waals surface area contributed by atoms with Crippen LogP contribution in [0.5, 0.6) is 5.75 Å². The summed E-state index contributed by atoms with van der Waals surface area (Å²) in [5.41, 5.74) is 7.31. The first kappa shape index (κ1) is 20.9. The van der Waals surface area contributed by atoms with Gasteiger partial charge in [0.25, 0.3) is 5.91 Å². The van der Waals surface area contributed by atoms with Gasteiger partial charge in [0.05, 0.1) is 6.04 Å². The van der Waals surface area contributed by atoms with Gasteiger partial charge >= 0.3 is 0 Å².